The lowest BCUT2D eigenvalue weighted by atomic mass is 10.0. The van der Waals surface area contributed by atoms with Gasteiger partial charge in [0.25, 0.3) is 0 Å². The highest BCUT2D eigenvalue weighted by molar-refractivity contribution is 5.86. The number of fused-ring (bicyclic) bond motifs is 1. The second-order valence-corrected chi connectivity index (χ2v) is 4.41. The first kappa shape index (κ1) is 10.6. The maximum absolute atomic E-state index is 11.5. The highest BCUT2D eigenvalue weighted by Gasteiger charge is 2.24. The number of ketones is 1. The van der Waals surface area contributed by atoms with Crippen molar-refractivity contribution in [3.05, 3.63) is 23.8 Å². The van der Waals surface area contributed by atoms with E-state index in [1.54, 1.807) is 0 Å². The van der Waals surface area contributed by atoms with Gasteiger partial charge in [0.05, 0.1) is 6.04 Å². The van der Waals surface area contributed by atoms with E-state index in [1.807, 2.05) is 18.2 Å². The molecule has 4 nitrogen and oxygen atoms in total. The average Bonchev–Trinajstić information content (AvgIpc) is 2.75. The van der Waals surface area contributed by atoms with E-state index in [4.69, 9.17) is 9.47 Å². The molecule has 2 heterocycles. The van der Waals surface area contributed by atoms with Crippen LogP contribution in [0.25, 0.3) is 0 Å². The molecule has 0 saturated carbocycles. The summed E-state index contributed by atoms with van der Waals surface area (Å²) >= 11 is 0. The van der Waals surface area contributed by atoms with Gasteiger partial charge in [-0.25, -0.2) is 0 Å². The van der Waals surface area contributed by atoms with Gasteiger partial charge in [0.2, 0.25) is 0 Å². The lowest BCUT2D eigenvalue weighted by Gasteiger charge is -2.19. The van der Waals surface area contributed by atoms with Gasteiger partial charge in [-0.05, 0) is 24.1 Å². The number of benzene rings is 1. The highest BCUT2D eigenvalue weighted by atomic mass is 16.6. The smallest absolute Gasteiger partial charge is 0.161 e. The van der Waals surface area contributed by atoms with E-state index in [0.29, 0.717) is 25.4 Å². The Bertz CT molecular complexity index is 444. The summed E-state index contributed by atoms with van der Waals surface area (Å²) < 4.78 is 11.0. The largest absolute Gasteiger partial charge is 0.486 e. The summed E-state index contributed by atoms with van der Waals surface area (Å²) in [4.78, 5) is 11.5. The number of hydrogen-bond acceptors (Lipinski definition) is 4. The van der Waals surface area contributed by atoms with Crippen LogP contribution in [0.3, 0.4) is 0 Å². The number of carbonyl (C=O) groups excluding carboxylic acids is 1. The number of rotatable bonds is 2. The summed E-state index contributed by atoms with van der Waals surface area (Å²) in [7, 11) is 0. The number of hydrogen-bond donors (Lipinski definition) is 1. The molecule has 0 amide bonds. The summed E-state index contributed by atoms with van der Waals surface area (Å²) in [6, 6.07) is 5.86. The molecule has 3 rings (SSSR count). The molecule has 1 saturated heterocycles. The van der Waals surface area contributed by atoms with E-state index in [0.717, 1.165) is 30.0 Å². The fourth-order valence-corrected chi connectivity index (χ4v) is 2.29. The van der Waals surface area contributed by atoms with E-state index < -0.39 is 0 Å². The molecular weight excluding hydrogens is 218 g/mol. The molecular formula is C13H15NO3. The fourth-order valence-electron chi connectivity index (χ4n) is 2.29. The Labute approximate surface area is 99.9 Å². The molecule has 1 atom stereocenters. The van der Waals surface area contributed by atoms with Crippen LogP contribution < -0.4 is 14.8 Å². The molecule has 1 unspecified atom stereocenters. The first-order chi connectivity index (χ1) is 8.33. The third-order valence-electron chi connectivity index (χ3n) is 3.20. The molecule has 2 aliphatic rings. The summed E-state index contributed by atoms with van der Waals surface area (Å²) in [5.41, 5.74) is 1.11. The van der Waals surface area contributed by atoms with E-state index in [-0.39, 0.29) is 6.04 Å². The maximum Gasteiger partial charge on any atom is 0.161 e. The molecule has 1 N–H and O–H groups in total. The average molecular weight is 233 g/mol. The van der Waals surface area contributed by atoms with Crippen LogP contribution in [0.2, 0.25) is 0 Å². The van der Waals surface area contributed by atoms with Crippen molar-refractivity contribution in [2.45, 2.75) is 18.9 Å². The Kier molecular flexibility index (Phi) is 2.73. The van der Waals surface area contributed by atoms with Crippen molar-refractivity contribution in [1.29, 1.82) is 0 Å². The van der Waals surface area contributed by atoms with Crippen molar-refractivity contribution >= 4 is 5.78 Å². The maximum atomic E-state index is 11.5. The van der Waals surface area contributed by atoms with Gasteiger partial charge in [0.15, 0.2) is 17.3 Å². The van der Waals surface area contributed by atoms with Crippen LogP contribution in [0.4, 0.5) is 0 Å². The van der Waals surface area contributed by atoms with Crippen molar-refractivity contribution in [3.63, 3.8) is 0 Å². The van der Waals surface area contributed by atoms with E-state index >= 15 is 0 Å². The quantitative estimate of drug-likeness (QED) is 0.825. The zero-order valence-corrected chi connectivity index (χ0v) is 9.57. The Morgan fingerprint density at radius 3 is 2.82 bits per heavy atom. The Morgan fingerprint density at radius 1 is 1.24 bits per heavy atom. The summed E-state index contributed by atoms with van der Waals surface area (Å²) in [6.07, 6.45) is 1.38. The van der Waals surface area contributed by atoms with Crippen molar-refractivity contribution in [1.82, 2.24) is 5.32 Å². The standard InChI is InChI=1S/C13H15NO3/c15-11-3-4-14-10(11)7-9-1-2-12-13(8-9)17-6-5-16-12/h1-2,8,10,14H,3-7H2. The first-order valence-corrected chi connectivity index (χ1v) is 5.97. The molecule has 4 heteroatoms. The number of ether oxygens (including phenoxy) is 2. The minimum atomic E-state index is -0.0300. The van der Waals surface area contributed by atoms with Gasteiger partial charge in [-0.3, -0.25) is 4.79 Å². The van der Waals surface area contributed by atoms with Crippen molar-refractivity contribution < 1.29 is 14.3 Å². The molecule has 2 aliphatic heterocycles. The van der Waals surface area contributed by atoms with Crippen LogP contribution in [0.1, 0.15) is 12.0 Å². The summed E-state index contributed by atoms with van der Waals surface area (Å²) in [5.74, 6) is 1.89. The van der Waals surface area contributed by atoms with Gasteiger partial charge >= 0.3 is 0 Å². The minimum Gasteiger partial charge on any atom is -0.486 e. The van der Waals surface area contributed by atoms with Crippen molar-refractivity contribution in [3.8, 4) is 11.5 Å². The third-order valence-corrected chi connectivity index (χ3v) is 3.20. The first-order valence-electron chi connectivity index (χ1n) is 5.97. The Balaban J connectivity index is 1.77. The molecule has 0 radical (unpaired) electrons. The van der Waals surface area contributed by atoms with Gasteiger partial charge in [-0.2, -0.15) is 0 Å². The third kappa shape index (κ3) is 2.13. The predicted molar refractivity (Wildman–Crippen MR) is 62.6 cm³/mol. The zero-order valence-electron chi connectivity index (χ0n) is 9.57. The molecule has 1 fully saturated rings. The Hall–Kier alpha value is -1.55. The molecule has 0 spiro atoms. The summed E-state index contributed by atoms with van der Waals surface area (Å²) in [6.45, 7) is 2.00. The zero-order chi connectivity index (χ0) is 11.7. The molecule has 17 heavy (non-hydrogen) atoms. The minimum absolute atomic E-state index is 0.0300. The lowest BCUT2D eigenvalue weighted by Crippen LogP contribution is -2.29. The lowest BCUT2D eigenvalue weighted by molar-refractivity contribution is -0.118. The van der Waals surface area contributed by atoms with E-state index in [9.17, 15) is 4.79 Å². The number of Topliss-reactive ketones (excluding diaryl/α,β-unsaturated/α-hetero) is 1. The van der Waals surface area contributed by atoms with Gasteiger partial charge < -0.3 is 14.8 Å². The predicted octanol–water partition coefficient (Wildman–Crippen LogP) is 0.931. The number of nitrogens with one attached hydrogen (secondary N) is 1. The van der Waals surface area contributed by atoms with Crippen molar-refractivity contribution in [2.75, 3.05) is 19.8 Å². The van der Waals surface area contributed by atoms with Gasteiger partial charge in [-0.15, -0.1) is 0 Å². The van der Waals surface area contributed by atoms with Crippen LogP contribution in [-0.2, 0) is 11.2 Å². The molecule has 1 aromatic carbocycles. The molecule has 0 aromatic heterocycles. The van der Waals surface area contributed by atoms with Crippen LogP contribution in [0, 0.1) is 0 Å². The summed E-state index contributed by atoms with van der Waals surface area (Å²) in [5, 5.41) is 3.21. The van der Waals surface area contributed by atoms with Crippen LogP contribution in [0.15, 0.2) is 18.2 Å². The van der Waals surface area contributed by atoms with Crippen LogP contribution in [0.5, 0.6) is 11.5 Å². The fraction of sp³-hybridized carbons (Fsp3) is 0.462. The monoisotopic (exact) mass is 233 g/mol. The number of carbonyl (C=O) groups is 1. The topological polar surface area (TPSA) is 47.6 Å². The van der Waals surface area contributed by atoms with Gasteiger partial charge in [0.1, 0.15) is 13.2 Å². The second-order valence-electron chi connectivity index (χ2n) is 4.41. The normalized spacial score (nSPS) is 22.8. The Morgan fingerprint density at radius 2 is 2.06 bits per heavy atom. The van der Waals surface area contributed by atoms with E-state index in [1.165, 1.54) is 0 Å². The van der Waals surface area contributed by atoms with Crippen LogP contribution in [-0.4, -0.2) is 31.6 Å². The molecule has 1 aromatic rings. The molecule has 0 aliphatic carbocycles. The SMILES string of the molecule is O=C1CCNC1Cc1ccc2c(c1)OCCO2. The van der Waals surface area contributed by atoms with Crippen LogP contribution >= 0.6 is 0 Å². The molecule has 90 valence electrons. The molecule has 0 bridgehead atoms. The second kappa shape index (κ2) is 4.37. The van der Waals surface area contributed by atoms with Crippen molar-refractivity contribution in [2.24, 2.45) is 0 Å². The van der Waals surface area contributed by atoms with E-state index in [2.05, 4.69) is 5.32 Å². The van der Waals surface area contributed by atoms with Gasteiger partial charge in [-0.1, -0.05) is 6.07 Å². The van der Waals surface area contributed by atoms with Gasteiger partial charge in [0, 0.05) is 13.0 Å². The highest BCUT2D eigenvalue weighted by Crippen LogP contribution is 2.31.